The largest absolute Gasteiger partial charge is 0.276 e. The Morgan fingerprint density at radius 1 is 0.775 bits per heavy atom. The van der Waals surface area contributed by atoms with Crippen LogP contribution in [0.2, 0.25) is 58.9 Å². The maximum absolute atomic E-state index is 13.0. The second kappa shape index (κ2) is 13.5. The highest BCUT2D eigenvalue weighted by Gasteiger charge is 2.36. The van der Waals surface area contributed by atoms with E-state index in [0.717, 1.165) is 10.5 Å². The summed E-state index contributed by atoms with van der Waals surface area (Å²) in [6, 6.07) is 16.7. The highest BCUT2D eigenvalue weighted by Crippen LogP contribution is 2.35. The molecule has 9 heteroatoms. The fraction of sp³-hybridized carbons (Fsp3) is 0.387. The Morgan fingerprint density at radius 2 is 1.23 bits per heavy atom. The van der Waals surface area contributed by atoms with Gasteiger partial charge < -0.3 is 0 Å². The molecule has 0 radical (unpaired) electrons. The second-order valence-electron chi connectivity index (χ2n) is 12.8. The van der Waals surface area contributed by atoms with E-state index in [0.29, 0.717) is 0 Å². The van der Waals surface area contributed by atoms with Crippen molar-refractivity contribution in [3.05, 3.63) is 60.2 Å². The van der Waals surface area contributed by atoms with Gasteiger partial charge in [-0.25, -0.2) is 4.83 Å². The molecule has 0 aliphatic heterocycles. The summed E-state index contributed by atoms with van der Waals surface area (Å²) in [6.45, 7) is 21.7. The van der Waals surface area contributed by atoms with E-state index in [4.69, 9.17) is 0 Å². The van der Waals surface area contributed by atoms with Gasteiger partial charge in [-0.3, -0.25) is 0 Å². The summed E-state index contributed by atoms with van der Waals surface area (Å²) < 4.78 is 26.0. The zero-order valence-electron chi connectivity index (χ0n) is 25.4. The molecule has 0 aliphatic rings. The van der Waals surface area contributed by atoms with Crippen molar-refractivity contribution in [1.82, 2.24) is 4.83 Å². The molecule has 0 bridgehead atoms. The highest BCUT2D eigenvalue weighted by atomic mass is 32.2. The van der Waals surface area contributed by atoms with Gasteiger partial charge in [-0.1, -0.05) is 113 Å². The quantitative estimate of drug-likeness (QED) is 0.118. The van der Waals surface area contributed by atoms with E-state index in [1.54, 1.807) is 42.2 Å². The fourth-order valence-corrected chi connectivity index (χ4v) is 6.58. The first-order valence-electron chi connectivity index (χ1n) is 13.3. The van der Waals surface area contributed by atoms with Gasteiger partial charge in [-0.2, -0.15) is 13.5 Å². The minimum Gasteiger partial charge on any atom is -0.200 e. The van der Waals surface area contributed by atoms with E-state index in [9.17, 15) is 8.42 Å². The van der Waals surface area contributed by atoms with Gasteiger partial charge in [0.1, 0.15) is 24.2 Å². The summed E-state index contributed by atoms with van der Waals surface area (Å²) in [5.41, 5.74) is 10.6. The third kappa shape index (κ3) is 12.0. The number of nitrogens with one attached hydrogen (secondary N) is 1. The SMILES string of the molecule is Cc1ccc(S(=O)(=O)N/N=C/C(Sc2ccccc2)C(C#C[Si](C)(C)C)(C#C[Si](C)(C)C)C#C[Si](C)(C)C)cc1. The maximum atomic E-state index is 13.0. The topological polar surface area (TPSA) is 58.5 Å². The Morgan fingerprint density at radius 3 is 1.65 bits per heavy atom. The predicted molar refractivity (Wildman–Crippen MR) is 182 cm³/mol. The third-order valence-electron chi connectivity index (χ3n) is 5.05. The van der Waals surface area contributed by atoms with Crippen LogP contribution in [0.15, 0.2) is 69.5 Å². The number of sulfonamides is 1. The number of hydrazone groups is 1. The van der Waals surface area contributed by atoms with Gasteiger partial charge >= 0.3 is 0 Å². The molecule has 0 fully saturated rings. The van der Waals surface area contributed by atoms with Gasteiger partial charge in [-0.05, 0) is 31.2 Å². The normalized spacial score (nSPS) is 13.2. The Bertz CT molecular complexity index is 1400. The van der Waals surface area contributed by atoms with Crippen molar-refractivity contribution in [2.75, 3.05) is 0 Å². The molecule has 0 spiro atoms. The lowest BCUT2D eigenvalue weighted by molar-refractivity contribution is 0.584. The van der Waals surface area contributed by atoms with Crippen LogP contribution in [0.4, 0.5) is 0 Å². The van der Waals surface area contributed by atoms with Crippen LogP contribution in [-0.4, -0.2) is 44.1 Å². The van der Waals surface area contributed by atoms with Gasteiger partial charge in [0, 0.05) is 11.1 Å². The van der Waals surface area contributed by atoms with Crippen LogP contribution >= 0.6 is 11.8 Å². The smallest absolute Gasteiger partial charge is 0.200 e. The lowest BCUT2D eigenvalue weighted by Crippen LogP contribution is -2.34. The minimum absolute atomic E-state index is 0.157. The molecule has 0 aromatic heterocycles. The molecule has 212 valence electrons. The average Bonchev–Trinajstić information content (AvgIpc) is 2.82. The van der Waals surface area contributed by atoms with Gasteiger partial charge in [0.25, 0.3) is 10.0 Å². The molecule has 40 heavy (non-hydrogen) atoms. The molecular weight excluding hydrogens is 581 g/mol. The third-order valence-corrected chi connectivity index (χ3v) is 10.2. The average molecular weight is 623 g/mol. The van der Waals surface area contributed by atoms with Crippen molar-refractivity contribution in [3.63, 3.8) is 0 Å². The first-order valence-corrected chi connectivity index (χ1v) is 26.1. The molecule has 1 N–H and O–H groups in total. The maximum Gasteiger partial charge on any atom is 0.276 e. The number of hydrogen-bond acceptors (Lipinski definition) is 4. The highest BCUT2D eigenvalue weighted by molar-refractivity contribution is 8.00. The molecule has 0 amide bonds. The molecular formula is C31H42N2O2S2Si3. The van der Waals surface area contributed by atoms with Crippen LogP contribution < -0.4 is 4.83 Å². The Kier molecular flexibility index (Phi) is 11.4. The Hall–Kier alpha value is -2.46. The van der Waals surface area contributed by atoms with Crippen LogP contribution in [0.1, 0.15) is 5.56 Å². The van der Waals surface area contributed by atoms with Crippen LogP contribution in [-0.2, 0) is 10.0 Å². The van der Waals surface area contributed by atoms with E-state index in [2.05, 4.69) is 103 Å². The number of nitrogens with zero attached hydrogens (tertiary/aromatic N) is 1. The standard InChI is InChI=1S/C31H42N2O2S2Si3/c1-27-16-18-29(19-17-27)37(34,35)33-32-26-30(36-28-14-12-11-13-15-28)31(20-23-38(2,3)4,21-24-39(5,6)7)22-25-40(8,9)10/h11-19,26,30,33H,1-10H3/b32-26+. The van der Waals surface area contributed by atoms with Crippen molar-refractivity contribution >= 4 is 52.2 Å². The summed E-state index contributed by atoms with van der Waals surface area (Å²) in [5, 5.41) is 3.83. The van der Waals surface area contributed by atoms with Crippen molar-refractivity contribution in [1.29, 1.82) is 0 Å². The van der Waals surface area contributed by atoms with Gasteiger partial charge in [0.15, 0.2) is 5.41 Å². The molecule has 0 heterocycles. The zero-order chi connectivity index (χ0) is 30.2. The van der Waals surface area contributed by atoms with Crippen LogP contribution in [0.3, 0.4) is 0 Å². The van der Waals surface area contributed by atoms with Crippen molar-refractivity contribution < 1.29 is 8.42 Å². The molecule has 1 atom stereocenters. The first-order chi connectivity index (χ1) is 18.3. The van der Waals surface area contributed by atoms with Crippen LogP contribution in [0.5, 0.6) is 0 Å². The van der Waals surface area contributed by atoms with Crippen molar-refractivity contribution in [2.45, 2.75) is 80.9 Å². The Labute approximate surface area is 250 Å². The summed E-state index contributed by atoms with van der Waals surface area (Å²) in [5.74, 6) is 10.6. The lowest BCUT2D eigenvalue weighted by atomic mass is 9.87. The molecule has 0 aliphatic carbocycles. The van der Waals surface area contributed by atoms with Gasteiger partial charge in [0.05, 0.1) is 10.1 Å². The molecule has 2 rings (SSSR count). The van der Waals surface area contributed by atoms with Gasteiger partial charge in [-0.15, -0.1) is 28.4 Å². The van der Waals surface area contributed by atoms with Crippen molar-refractivity contribution in [3.8, 4) is 34.4 Å². The van der Waals surface area contributed by atoms with E-state index >= 15 is 0 Å². The number of aryl methyl sites for hydroxylation is 1. The van der Waals surface area contributed by atoms with Crippen molar-refractivity contribution in [2.24, 2.45) is 10.5 Å². The zero-order valence-corrected chi connectivity index (χ0v) is 30.1. The molecule has 0 saturated carbocycles. The number of thioether (sulfide) groups is 1. The van der Waals surface area contributed by atoms with Gasteiger partial charge in [0.2, 0.25) is 0 Å². The summed E-state index contributed by atoms with van der Waals surface area (Å²) in [6.07, 6.45) is 1.63. The lowest BCUT2D eigenvalue weighted by Gasteiger charge is -2.26. The summed E-state index contributed by atoms with van der Waals surface area (Å²) >= 11 is 1.55. The second-order valence-corrected chi connectivity index (χ2v) is 30.0. The summed E-state index contributed by atoms with van der Waals surface area (Å²) in [4.78, 5) is 3.57. The molecule has 2 aromatic carbocycles. The molecule has 0 saturated heterocycles. The van der Waals surface area contributed by atoms with E-state index in [1.807, 2.05) is 37.3 Å². The molecule has 2 aromatic rings. The summed E-state index contributed by atoms with van der Waals surface area (Å²) in [7, 11) is -9.25. The number of benzene rings is 2. The predicted octanol–water partition coefficient (Wildman–Crippen LogP) is 7.05. The van der Waals surface area contributed by atoms with Crippen LogP contribution in [0.25, 0.3) is 0 Å². The molecule has 1 unspecified atom stereocenters. The number of hydrogen-bond donors (Lipinski definition) is 1. The van der Waals surface area contributed by atoms with E-state index < -0.39 is 44.9 Å². The fourth-order valence-electron chi connectivity index (χ4n) is 2.98. The monoisotopic (exact) mass is 622 g/mol. The number of rotatable bonds is 7. The van der Waals surface area contributed by atoms with E-state index in [1.165, 1.54) is 0 Å². The Balaban J connectivity index is 2.77. The minimum atomic E-state index is -3.84. The first kappa shape index (κ1) is 33.7. The van der Waals surface area contributed by atoms with Crippen LogP contribution in [0, 0.1) is 46.7 Å². The van der Waals surface area contributed by atoms with E-state index in [-0.39, 0.29) is 4.90 Å². The molecule has 4 nitrogen and oxygen atoms in total.